The van der Waals surface area contributed by atoms with Gasteiger partial charge in [0, 0.05) is 26.2 Å². The first-order chi connectivity index (χ1) is 11.1. The number of likely N-dealkylation sites (N-methyl/N-ethyl adjacent to an activating group) is 1. The Morgan fingerprint density at radius 3 is 2.52 bits per heavy atom. The fourth-order valence-corrected chi connectivity index (χ4v) is 3.07. The SMILES string of the molecule is CCCOc1ccc(C(C)C)cc1CCCN1CCN(C)CC1. The minimum absolute atomic E-state index is 0.576. The molecule has 3 heteroatoms. The van der Waals surface area contributed by atoms with Gasteiger partial charge in [0.05, 0.1) is 6.61 Å². The molecule has 0 saturated carbocycles. The molecule has 130 valence electrons. The van der Waals surface area contributed by atoms with Crippen LogP contribution in [-0.2, 0) is 6.42 Å². The third-order valence-corrected chi connectivity index (χ3v) is 4.73. The fourth-order valence-electron chi connectivity index (χ4n) is 3.07. The molecule has 1 heterocycles. The van der Waals surface area contributed by atoms with E-state index in [0.29, 0.717) is 5.92 Å². The lowest BCUT2D eigenvalue weighted by Gasteiger charge is -2.32. The molecule has 1 fully saturated rings. The Morgan fingerprint density at radius 2 is 1.87 bits per heavy atom. The number of hydrogen-bond acceptors (Lipinski definition) is 3. The summed E-state index contributed by atoms with van der Waals surface area (Å²) in [7, 11) is 2.21. The molecule has 0 radical (unpaired) electrons. The molecule has 23 heavy (non-hydrogen) atoms. The van der Waals surface area contributed by atoms with Crippen LogP contribution in [0.5, 0.6) is 5.75 Å². The maximum Gasteiger partial charge on any atom is 0.122 e. The third kappa shape index (κ3) is 5.82. The highest BCUT2D eigenvalue weighted by Gasteiger charge is 2.14. The molecule has 0 aromatic heterocycles. The van der Waals surface area contributed by atoms with Crippen LogP contribution in [0.1, 0.15) is 50.7 Å². The summed E-state index contributed by atoms with van der Waals surface area (Å²) < 4.78 is 5.96. The maximum absolute atomic E-state index is 5.96. The normalized spacial score (nSPS) is 16.9. The van der Waals surface area contributed by atoms with Crippen molar-refractivity contribution >= 4 is 0 Å². The molecule has 2 rings (SSSR count). The van der Waals surface area contributed by atoms with Gasteiger partial charge in [-0.1, -0.05) is 32.9 Å². The molecule has 0 unspecified atom stereocenters. The monoisotopic (exact) mass is 318 g/mol. The summed E-state index contributed by atoms with van der Waals surface area (Å²) in [6.45, 7) is 13.5. The first-order valence-corrected chi connectivity index (χ1v) is 9.26. The van der Waals surface area contributed by atoms with Gasteiger partial charge in [0.15, 0.2) is 0 Å². The fraction of sp³-hybridized carbons (Fsp3) is 0.700. The number of hydrogen-bond donors (Lipinski definition) is 0. The summed E-state index contributed by atoms with van der Waals surface area (Å²) in [5.41, 5.74) is 2.81. The Hall–Kier alpha value is -1.06. The highest BCUT2D eigenvalue weighted by atomic mass is 16.5. The molecular formula is C20H34N2O. The van der Waals surface area contributed by atoms with Crippen LogP contribution in [-0.4, -0.2) is 56.2 Å². The third-order valence-electron chi connectivity index (χ3n) is 4.73. The summed E-state index contributed by atoms with van der Waals surface area (Å²) in [5, 5.41) is 0. The molecule has 0 atom stereocenters. The van der Waals surface area contributed by atoms with Gasteiger partial charge in [0.25, 0.3) is 0 Å². The number of nitrogens with zero attached hydrogens (tertiary/aromatic N) is 2. The highest BCUT2D eigenvalue weighted by Crippen LogP contribution is 2.26. The second kappa shape index (κ2) is 9.29. The summed E-state index contributed by atoms with van der Waals surface area (Å²) in [6.07, 6.45) is 3.40. The smallest absolute Gasteiger partial charge is 0.122 e. The summed E-state index contributed by atoms with van der Waals surface area (Å²) >= 11 is 0. The topological polar surface area (TPSA) is 15.7 Å². The van der Waals surface area contributed by atoms with Gasteiger partial charge in [-0.2, -0.15) is 0 Å². The van der Waals surface area contributed by atoms with Crippen molar-refractivity contribution in [1.29, 1.82) is 0 Å². The Kier molecular flexibility index (Phi) is 7.38. The second-order valence-electron chi connectivity index (χ2n) is 7.12. The zero-order valence-electron chi connectivity index (χ0n) is 15.5. The molecule has 0 aliphatic carbocycles. The van der Waals surface area contributed by atoms with E-state index < -0.39 is 0 Å². The van der Waals surface area contributed by atoms with E-state index in [2.05, 4.69) is 55.8 Å². The van der Waals surface area contributed by atoms with Crippen LogP contribution in [0.15, 0.2) is 18.2 Å². The van der Waals surface area contributed by atoms with Gasteiger partial charge in [0.1, 0.15) is 5.75 Å². The Labute approximate surface area is 142 Å². The van der Waals surface area contributed by atoms with Crippen molar-refractivity contribution in [3.05, 3.63) is 29.3 Å². The van der Waals surface area contributed by atoms with E-state index in [0.717, 1.165) is 25.2 Å². The van der Waals surface area contributed by atoms with Crippen molar-refractivity contribution in [2.45, 2.75) is 46.0 Å². The van der Waals surface area contributed by atoms with Crippen LogP contribution >= 0.6 is 0 Å². The number of aryl methyl sites for hydroxylation is 1. The molecule has 1 aliphatic rings. The second-order valence-corrected chi connectivity index (χ2v) is 7.12. The quantitative estimate of drug-likeness (QED) is 0.725. The van der Waals surface area contributed by atoms with E-state index in [4.69, 9.17) is 4.74 Å². The van der Waals surface area contributed by atoms with Crippen molar-refractivity contribution in [1.82, 2.24) is 9.80 Å². The van der Waals surface area contributed by atoms with Crippen molar-refractivity contribution < 1.29 is 4.74 Å². The molecule has 0 spiro atoms. The standard InChI is InChI=1S/C20H34N2O/c1-5-15-23-20-9-8-18(17(2)3)16-19(20)7-6-10-22-13-11-21(4)12-14-22/h8-9,16-17H,5-7,10-15H2,1-4H3. The van der Waals surface area contributed by atoms with Crippen LogP contribution in [0.3, 0.4) is 0 Å². The lowest BCUT2D eigenvalue weighted by atomic mass is 9.98. The van der Waals surface area contributed by atoms with Crippen LogP contribution in [0.25, 0.3) is 0 Å². The zero-order valence-corrected chi connectivity index (χ0v) is 15.5. The van der Waals surface area contributed by atoms with Crippen molar-refractivity contribution in [2.75, 3.05) is 46.4 Å². The number of rotatable bonds is 8. The van der Waals surface area contributed by atoms with Gasteiger partial charge in [-0.3, -0.25) is 0 Å². The van der Waals surface area contributed by atoms with Crippen LogP contribution in [0, 0.1) is 0 Å². The average Bonchev–Trinajstić information content (AvgIpc) is 2.55. The highest BCUT2D eigenvalue weighted by molar-refractivity contribution is 5.38. The lowest BCUT2D eigenvalue weighted by Crippen LogP contribution is -2.44. The summed E-state index contributed by atoms with van der Waals surface area (Å²) in [6, 6.07) is 6.76. The van der Waals surface area contributed by atoms with E-state index in [-0.39, 0.29) is 0 Å². The minimum atomic E-state index is 0.576. The van der Waals surface area contributed by atoms with E-state index in [1.807, 2.05) is 0 Å². The van der Waals surface area contributed by atoms with Gasteiger partial charge in [0.2, 0.25) is 0 Å². The molecule has 0 bridgehead atoms. The van der Waals surface area contributed by atoms with Gasteiger partial charge in [-0.15, -0.1) is 0 Å². The largest absolute Gasteiger partial charge is 0.493 e. The molecular weight excluding hydrogens is 284 g/mol. The molecule has 1 aromatic rings. The first-order valence-electron chi connectivity index (χ1n) is 9.26. The minimum Gasteiger partial charge on any atom is -0.493 e. The number of benzene rings is 1. The van der Waals surface area contributed by atoms with Crippen molar-refractivity contribution in [3.63, 3.8) is 0 Å². The summed E-state index contributed by atoms with van der Waals surface area (Å²) in [4.78, 5) is 5.01. The van der Waals surface area contributed by atoms with Gasteiger partial charge >= 0.3 is 0 Å². The Balaban J connectivity index is 1.91. The number of piperazine rings is 1. The zero-order chi connectivity index (χ0) is 16.7. The van der Waals surface area contributed by atoms with Gasteiger partial charge in [-0.25, -0.2) is 0 Å². The first kappa shape index (κ1) is 18.3. The molecule has 0 amide bonds. The van der Waals surface area contributed by atoms with Crippen LogP contribution < -0.4 is 4.74 Å². The van der Waals surface area contributed by atoms with Crippen LogP contribution in [0.2, 0.25) is 0 Å². The van der Waals surface area contributed by atoms with E-state index in [1.54, 1.807) is 0 Å². The predicted molar refractivity (Wildman–Crippen MR) is 98.6 cm³/mol. The maximum atomic E-state index is 5.96. The van der Waals surface area contributed by atoms with Gasteiger partial charge in [-0.05, 0) is 56.0 Å². The Bertz CT molecular complexity index is 465. The van der Waals surface area contributed by atoms with E-state index in [1.165, 1.54) is 50.3 Å². The molecule has 3 nitrogen and oxygen atoms in total. The Morgan fingerprint density at radius 1 is 1.13 bits per heavy atom. The van der Waals surface area contributed by atoms with Gasteiger partial charge < -0.3 is 14.5 Å². The summed E-state index contributed by atoms with van der Waals surface area (Å²) in [5.74, 6) is 1.67. The predicted octanol–water partition coefficient (Wildman–Crippen LogP) is 3.78. The molecule has 0 N–H and O–H groups in total. The average molecular weight is 319 g/mol. The van der Waals surface area contributed by atoms with Crippen LogP contribution in [0.4, 0.5) is 0 Å². The number of ether oxygens (including phenoxy) is 1. The molecule has 1 saturated heterocycles. The van der Waals surface area contributed by atoms with Crippen molar-refractivity contribution in [3.8, 4) is 5.75 Å². The lowest BCUT2D eigenvalue weighted by molar-refractivity contribution is 0.153. The molecule has 1 aromatic carbocycles. The van der Waals surface area contributed by atoms with E-state index in [9.17, 15) is 0 Å². The molecule has 1 aliphatic heterocycles. The van der Waals surface area contributed by atoms with Crippen molar-refractivity contribution in [2.24, 2.45) is 0 Å². The van der Waals surface area contributed by atoms with E-state index >= 15 is 0 Å².